The number of allylic oxidation sites excluding steroid dienone is 3. The van der Waals surface area contributed by atoms with Crippen molar-refractivity contribution in [1.29, 1.82) is 0 Å². The van der Waals surface area contributed by atoms with Crippen molar-refractivity contribution in [2.24, 2.45) is 0 Å². The first kappa shape index (κ1) is 17.7. The van der Waals surface area contributed by atoms with E-state index in [2.05, 4.69) is 61.3 Å². The molecule has 0 radical (unpaired) electrons. The number of nitrogens with one attached hydrogen (secondary N) is 1. The Morgan fingerprint density at radius 2 is 2.13 bits per heavy atom. The average Bonchev–Trinajstić information content (AvgIpc) is 2.61. The summed E-state index contributed by atoms with van der Waals surface area (Å²) in [5, 5.41) is 3.68. The summed E-state index contributed by atoms with van der Waals surface area (Å²) in [7, 11) is 0. The van der Waals surface area contributed by atoms with E-state index < -0.39 is 0 Å². The normalized spacial score (nSPS) is 22.4. The highest BCUT2D eigenvalue weighted by Gasteiger charge is 2.22. The van der Waals surface area contributed by atoms with E-state index in [1.807, 2.05) is 6.08 Å². The molecular formula is C21H29NO. The van der Waals surface area contributed by atoms with E-state index in [9.17, 15) is 0 Å². The van der Waals surface area contributed by atoms with Crippen LogP contribution in [-0.4, -0.2) is 18.8 Å². The molecule has 2 rings (SSSR count). The molecule has 0 amide bonds. The summed E-state index contributed by atoms with van der Waals surface area (Å²) in [6.07, 6.45) is 13.1. The first-order valence-corrected chi connectivity index (χ1v) is 8.65. The Morgan fingerprint density at radius 1 is 1.30 bits per heavy atom. The third-order valence-corrected chi connectivity index (χ3v) is 4.37. The van der Waals surface area contributed by atoms with Crippen molar-refractivity contribution in [1.82, 2.24) is 5.32 Å². The molecule has 1 fully saturated rings. The Hall–Kier alpha value is -1.64. The van der Waals surface area contributed by atoms with Crippen LogP contribution in [0, 0.1) is 0 Å². The highest BCUT2D eigenvalue weighted by molar-refractivity contribution is 5.21. The van der Waals surface area contributed by atoms with Crippen LogP contribution in [0.3, 0.4) is 0 Å². The van der Waals surface area contributed by atoms with E-state index in [0.29, 0.717) is 18.8 Å². The van der Waals surface area contributed by atoms with Crippen molar-refractivity contribution in [2.45, 2.75) is 51.3 Å². The fourth-order valence-corrected chi connectivity index (χ4v) is 2.97. The van der Waals surface area contributed by atoms with Crippen molar-refractivity contribution >= 4 is 0 Å². The highest BCUT2D eigenvalue weighted by Crippen LogP contribution is 2.22. The standard InChI is InChI=1S/C21H29NO/c1-3-5-10-18(4-2)17-23-21-14-9-13-20(15-21)22-16-19-11-7-6-8-12-19/h3-8,10-12,20-22H,1,9,13-17H2,2H3/b10-5-,18-4+. The van der Waals surface area contributed by atoms with Crippen molar-refractivity contribution in [3.8, 4) is 0 Å². The lowest BCUT2D eigenvalue weighted by atomic mass is 9.92. The quantitative estimate of drug-likeness (QED) is 0.697. The summed E-state index contributed by atoms with van der Waals surface area (Å²) in [5.74, 6) is 0. The zero-order valence-electron chi connectivity index (χ0n) is 14.2. The van der Waals surface area contributed by atoms with Crippen LogP contribution in [0.15, 0.2) is 66.8 Å². The van der Waals surface area contributed by atoms with Gasteiger partial charge in [-0.3, -0.25) is 0 Å². The van der Waals surface area contributed by atoms with Crippen LogP contribution in [0.2, 0.25) is 0 Å². The molecule has 0 spiro atoms. The van der Waals surface area contributed by atoms with Gasteiger partial charge in [0.1, 0.15) is 0 Å². The van der Waals surface area contributed by atoms with Crippen molar-refractivity contribution in [3.05, 3.63) is 72.4 Å². The van der Waals surface area contributed by atoms with Crippen molar-refractivity contribution < 1.29 is 4.74 Å². The van der Waals surface area contributed by atoms with Crippen LogP contribution in [0.25, 0.3) is 0 Å². The third-order valence-electron chi connectivity index (χ3n) is 4.37. The number of rotatable bonds is 8. The number of hydrogen-bond acceptors (Lipinski definition) is 2. The molecule has 124 valence electrons. The first-order chi connectivity index (χ1) is 11.3. The highest BCUT2D eigenvalue weighted by atomic mass is 16.5. The summed E-state index contributed by atoms with van der Waals surface area (Å²) < 4.78 is 6.12. The second kappa shape index (κ2) is 10.2. The van der Waals surface area contributed by atoms with Gasteiger partial charge >= 0.3 is 0 Å². The number of hydrogen-bond donors (Lipinski definition) is 1. The zero-order valence-corrected chi connectivity index (χ0v) is 14.2. The SMILES string of the molecule is C=C/C=C\C(=C/C)COC1CCCC(NCc2ccccc2)C1. The Kier molecular flexibility index (Phi) is 7.85. The van der Waals surface area contributed by atoms with Gasteiger partial charge in [0, 0.05) is 12.6 Å². The monoisotopic (exact) mass is 311 g/mol. The minimum Gasteiger partial charge on any atom is -0.373 e. The summed E-state index contributed by atoms with van der Waals surface area (Å²) >= 11 is 0. The molecule has 2 atom stereocenters. The average molecular weight is 311 g/mol. The molecule has 2 nitrogen and oxygen atoms in total. The second-order valence-electron chi connectivity index (χ2n) is 6.12. The van der Waals surface area contributed by atoms with Gasteiger partial charge in [-0.05, 0) is 43.7 Å². The van der Waals surface area contributed by atoms with Crippen LogP contribution in [-0.2, 0) is 11.3 Å². The predicted octanol–water partition coefficient (Wildman–Crippen LogP) is 4.79. The predicted molar refractivity (Wildman–Crippen MR) is 98.4 cm³/mol. The van der Waals surface area contributed by atoms with Crippen LogP contribution in [0.1, 0.15) is 38.2 Å². The molecule has 0 aromatic heterocycles. The molecular weight excluding hydrogens is 282 g/mol. The maximum atomic E-state index is 6.12. The fraction of sp³-hybridized carbons (Fsp3) is 0.429. The van der Waals surface area contributed by atoms with Gasteiger partial charge in [-0.15, -0.1) is 0 Å². The van der Waals surface area contributed by atoms with E-state index in [-0.39, 0.29) is 0 Å². The lowest BCUT2D eigenvalue weighted by molar-refractivity contribution is 0.0335. The van der Waals surface area contributed by atoms with Gasteiger partial charge in [-0.1, -0.05) is 61.2 Å². The molecule has 0 bridgehead atoms. The van der Waals surface area contributed by atoms with Crippen molar-refractivity contribution in [3.63, 3.8) is 0 Å². The van der Waals surface area contributed by atoms with E-state index in [1.165, 1.54) is 30.4 Å². The Morgan fingerprint density at radius 3 is 2.87 bits per heavy atom. The molecule has 23 heavy (non-hydrogen) atoms. The first-order valence-electron chi connectivity index (χ1n) is 8.65. The van der Waals surface area contributed by atoms with Gasteiger partial charge in [0.25, 0.3) is 0 Å². The van der Waals surface area contributed by atoms with Gasteiger partial charge in [-0.2, -0.15) is 0 Å². The van der Waals surface area contributed by atoms with Crippen molar-refractivity contribution in [2.75, 3.05) is 6.61 Å². The zero-order chi connectivity index (χ0) is 16.3. The Bertz CT molecular complexity index is 518. The van der Waals surface area contributed by atoms with Crippen LogP contribution in [0.4, 0.5) is 0 Å². The molecule has 0 heterocycles. The topological polar surface area (TPSA) is 21.3 Å². The number of ether oxygens (including phenoxy) is 1. The van der Waals surface area contributed by atoms with E-state index >= 15 is 0 Å². The molecule has 1 aliphatic carbocycles. The Labute approximate surface area is 140 Å². The fourth-order valence-electron chi connectivity index (χ4n) is 2.97. The maximum absolute atomic E-state index is 6.12. The van der Waals surface area contributed by atoms with Gasteiger partial charge in [0.15, 0.2) is 0 Å². The van der Waals surface area contributed by atoms with Gasteiger partial charge in [0.05, 0.1) is 12.7 Å². The minimum atomic E-state index is 0.365. The largest absolute Gasteiger partial charge is 0.373 e. The molecule has 1 N–H and O–H groups in total. The summed E-state index contributed by atoms with van der Waals surface area (Å²) in [6.45, 7) is 7.40. The molecule has 2 heteroatoms. The van der Waals surface area contributed by atoms with Crippen LogP contribution >= 0.6 is 0 Å². The molecule has 1 aromatic carbocycles. The van der Waals surface area contributed by atoms with E-state index in [4.69, 9.17) is 4.74 Å². The van der Waals surface area contributed by atoms with Gasteiger partial charge in [0.2, 0.25) is 0 Å². The van der Waals surface area contributed by atoms with E-state index in [0.717, 1.165) is 13.0 Å². The van der Waals surface area contributed by atoms with Crippen LogP contribution < -0.4 is 5.32 Å². The second-order valence-corrected chi connectivity index (χ2v) is 6.12. The van der Waals surface area contributed by atoms with Gasteiger partial charge in [-0.25, -0.2) is 0 Å². The maximum Gasteiger partial charge on any atom is 0.0717 e. The van der Waals surface area contributed by atoms with Crippen LogP contribution in [0.5, 0.6) is 0 Å². The molecule has 0 saturated heterocycles. The van der Waals surface area contributed by atoms with Gasteiger partial charge < -0.3 is 10.1 Å². The molecule has 1 aromatic rings. The minimum absolute atomic E-state index is 0.365. The third kappa shape index (κ3) is 6.55. The smallest absolute Gasteiger partial charge is 0.0717 e. The molecule has 0 aliphatic heterocycles. The number of benzene rings is 1. The lowest BCUT2D eigenvalue weighted by Gasteiger charge is -2.30. The summed E-state index contributed by atoms with van der Waals surface area (Å²) in [6, 6.07) is 11.2. The molecule has 1 saturated carbocycles. The summed E-state index contributed by atoms with van der Waals surface area (Å²) in [4.78, 5) is 0. The summed E-state index contributed by atoms with van der Waals surface area (Å²) in [5.41, 5.74) is 2.56. The lowest BCUT2D eigenvalue weighted by Crippen LogP contribution is -2.36. The Balaban J connectivity index is 1.74. The molecule has 1 aliphatic rings. The molecule has 2 unspecified atom stereocenters. The van der Waals surface area contributed by atoms with E-state index in [1.54, 1.807) is 6.08 Å².